The lowest BCUT2D eigenvalue weighted by molar-refractivity contribution is -0.274. The summed E-state index contributed by atoms with van der Waals surface area (Å²) >= 11 is 0. The number of fused-ring (bicyclic) bond motifs is 1. The molecule has 0 radical (unpaired) electrons. The standard InChI is InChI=1S/C17H21F3N4O/c18-17(19,20)25-13-2-3-14-15(4-6-23-16(14)12-13)22-5-1-9-24-10-7-21-8-11-24/h2-4,6,12,21H,1,5,7-11H2,(H,22,23). The topological polar surface area (TPSA) is 49.4 Å². The van der Waals surface area contributed by atoms with Crippen molar-refractivity contribution in [3.8, 4) is 5.75 Å². The molecule has 0 aliphatic carbocycles. The smallest absolute Gasteiger partial charge is 0.406 e. The summed E-state index contributed by atoms with van der Waals surface area (Å²) < 4.78 is 40.9. The van der Waals surface area contributed by atoms with Crippen molar-refractivity contribution in [3.63, 3.8) is 0 Å². The van der Waals surface area contributed by atoms with Gasteiger partial charge in [-0.25, -0.2) is 0 Å². The van der Waals surface area contributed by atoms with Crippen LogP contribution in [-0.2, 0) is 0 Å². The highest BCUT2D eigenvalue weighted by molar-refractivity contribution is 5.91. The van der Waals surface area contributed by atoms with Crippen LogP contribution >= 0.6 is 0 Å². The highest BCUT2D eigenvalue weighted by Crippen LogP contribution is 2.28. The summed E-state index contributed by atoms with van der Waals surface area (Å²) in [6.07, 6.45) is -2.12. The highest BCUT2D eigenvalue weighted by Gasteiger charge is 2.31. The lowest BCUT2D eigenvalue weighted by atomic mass is 10.1. The molecule has 3 rings (SSSR count). The fourth-order valence-electron chi connectivity index (χ4n) is 2.94. The zero-order valence-corrected chi connectivity index (χ0v) is 13.8. The minimum atomic E-state index is -4.70. The van der Waals surface area contributed by atoms with Gasteiger partial charge in [-0.2, -0.15) is 0 Å². The molecule has 1 saturated heterocycles. The number of hydrogen-bond acceptors (Lipinski definition) is 5. The average molecular weight is 354 g/mol. The molecule has 0 saturated carbocycles. The Labute approximate surface area is 144 Å². The van der Waals surface area contributed by atoms with Gasteiger partial charge in [-0.15, -0.1) is 13.2 Å². The van der Waals surface area contributed by atoms with E-state index >= 15 is 0 Å². The Hall–Kier alpha value is -2.06. The van der Waals surface area contributed by atoms with Crippen LogP contribution in [0.4, 0.5) is 18.9 Å². The minimum Gasteiger partial charge on any atom is -0.406 e. The number of pyridine rings is 1. The zero-order chi connectivity index (χ0) is 17.7. The van der Waals surface area contributed by atoms with Gasteiger partial charge in [0.1, 0.15) is 5.75 Å². The molecular formula is C17H21F3N4O. The Kier molecular flexibility index (Phi) is 5.60. The number of alkyl halides is 3. The predicted molar refractivity (Wildman–Crippen MR) is 90.8 cm³/mol. The molecule has 5 nitrogen and oxygen atoms in total. The number of benzene rings is 1. The molecule has 2 aromatic rings. The highest BCUT2D eigenvalue weighted by atomic mass is 19.4. The molecule has 1 aliphatic heterocycles. The Morgan fingerprint density at radius 3 is 2.76 bits per heavy atom. The fraction of sp³-hybridized carbons (Fsp3) is 0.471. The minimum absolute atomic E-state index is 0.261. The number of hydrogen-bond donors (Lipinski definition) is 2. The van der Waals surface area contributed by atoms with Gasteiger partial charge in [0, 0.05) is 56.1 Å². The Bertz CT molecular complexity index is 702. The van der Waals surface area contributed by atoms with Gasteiger partial charge < -0.3 is 20.3 Å². The Morgan fingerprint density at radius 1 is 1.20 bits per heavy atom. The van der Waals surface area contributed by atoms with E-state index in [0.717, 1.165) is 56.8 Å². The number of rotatable bonds is 6. The van der Waals surface area contributed by atoms with Crippen LogP contribution in [0.3, 0.4) is 0 Å². The van der Waals surface area contributed by atoms with Crippen molar-refractivity contribution in [3.05, 3.63) is 30.5 Å². The first-order valence-corrected chi connectivity index (χ1v) is 8.33. The molecule has 0 atom stereocenters. The second kappa shape index (κ2) is 7.88. The molecule has 1 aromatic carbocycles. The molecule has 0 amide bonds. The van der Waals surface area contributed by atoms with Gasteiger partial charge >= 0.3 is 6.36 Å². The van der Waals surface area contributed by atoms with Gasteiger partial charge in [0.15, 0.2) is 0 Å². The molecule has 0 unspecified atom stereocenters. The van der Waals surface area contributed by atoms with Crippen LogP contribution in [0.25, 0.3) is 10.9 Å². The van der Waals surface area contributed by atoms with E-state index in [2.05, 4.69) is 25.3 Å². The van der Waals surface area contributed by atoms with Gasteiger partial charge in [0.2, 0.25) is 0 Å². The zero-order valence-electron chi connectivity index (χ0n) is 13.8. The van der Waals surface area contributed by atoms with E-state index < -0.39 is 6.36 Å². The maximum absolute atomic E-state index is 12.3. The second-order valence-corrected chi connectivity index (χ2v) is 5.96. The maximum Gasteiger partial charge on any atom is 0.573 e. The lowest BCUT2D eigenvalue weighted by Crippen LogP contribution is -2.44. The molecule has 1 aromatic heterocycles. The first-order chi connectivity index (χ1) is 12.0. The third kappa shape index (κ3) is 5.20. The van der Waals surface area contributed by atoms with Crippen LogP contribution in [0.2, 0.25) is 0 Å². The summed E-state index contributed by atoms with van der Waals surface area (Å²) in [5.41, 5.74) is 1.33. The van der Waals surface area contributed by atoms with Crippen molar-refractivity contribution in [1.29, 1.82) is 0 Å². The number of ether oxygens (including phenoxy) is 1. The normalized spacial score (nSPS) is 16.1. The van der Waals surface area contributed by atoms with Gasteiger partial charge in [-0.05, 0) is 31.2 Å². The van der Waals surface area contributed by atoms with Crippen molar-refractivity contribution in [2.45, 2.75) is 12.8 Å². The molecule has 2 heterocycles. The monoisotopic (exact) mass is 354 g/mol. The van der Waals surface area contributed by atoms with Crippen molar-refractivity contribution in [2.75, 3.05) is 44.6 Å². The van der Waals surface area contributed by atoms with E-state index in [4.69, 9.17) is 0 Å². The molecule has 25 heavy (non-hydrogen) atoms. The van der Waals surface area contributed by atoms with E-state index in [0.29, 0.717) is 5.52 Å². The van der Waals surface area contributed by atoms with E-state index in [-0.39, 0.29) is 5.75 Å². The predicted octanol–water partition coefficient (Wildman–Crippen LogP) is 2.84. The first kappa shape index (κ1) is 17.8. The van der Waals surface area contributed by atoms with Crippen molar-refractivity contribution < 1.29 is 17.9 Å². The Balaban J connectivity index is 1.59. The lowest BCUT2D eigenvalue weighted by Gasteiger charge is -2.27. The Morgan fingerprint density at radius 2 is 2.00 bits per heavy atom. The van der Waals surface area contributed by atoms with Gasteiger partial charge in [-0.1, -0.05) is 0 Å². The van der Waals surface area contributed by atoms with Crippen LogP contribution in [0, 0.1) is 0 Å². The van der Waals surface area contributed by atoms with Crippen LogP contribution in [0.1, 0.15) is 6.42 Å². The summed E-state index contributed by atoms with van der Waals surface area (Å²) in [5, 5.41) is 7.45. The van der Waals surface area contributed by atoms with E-state index in [1.807, 2.05) is 6.07 Å². The van der Waals surface area contributed by atoms with E-state index in [9.17, 15) is 13.2 Å². The SMILES string of the molecule is FC(F)(F)Oc1ccc2c(NCCCN3CCNCC3)ccnc2c1. The van der Waals surface area contributed by atoms with Crippen molar-refractivity contribution in [1.82, 2.24) is 15.2 Å². The number of halogens is 3. The quantitative estimate of drug-likeness (QED) is 0.782. The molecular weight excluding hydrogens is 333 g/mol. The molecule has 8 heteroatoms. The van der Waals surface area contributed by atoms with E-state index in [1.165, 1.54) is 12.1 Å². The molecule has 136 valence electrons. The molecule has 2 N–H and O–H groups in total. The van der Waals surface area contributed by atoms with Gasteiger partial charge in [0.25, 0.3) is 0 Å². The summed E-state index contributed by atoms with van der Waals surface area (Å²) in [4.78, 5) is 6.55. The largest absolute Gasteiger partial charge is 0.573 e. The van der Waals surface area contributed by atoms with E-state index in [1.54, 1.807) is 12.3 Å². The summed E-state index contributed by atoms with van der Waals surface area (Å²) in [6, 6.07) is 6.04. The molecule has 0 spiro atoms. The van der Waals surface area contributed by atoms with Crippen LogP contribution in [0.15, 0.2) is 30.5 Å². The van der Waals surface area contributed by atoms with Crippen molar-refractivity contribution >= 4 is 16.6 Å². The number of anilines is 1. The summed E-state index contributed by atoms with van der Waals surface area (Å²) in [7, 11) is 0. The summed E-state index contributed by atoms with van der Waals surface area (Å²) in [6.45, 7) is 6.03. The average Bonchev–Trinajstić information content (AvgIpc) is 2.58. The van der Waals surface area contributed by atoms with Crippen LogP contribution in [0.5, 0.6) is 5.75 Å². The molecule has 1 fully saturated rings. The third-order valence-corrected chi connectivity index (χ3v) is 4.12. The van der Waals surface area contributed by atoms with Crippen LogP contribution < -0.4 is 15.4 Å². The van der Waals surface area contributed by atoms with Crippen molar-refractivity contribution in [2.24, 2.45) is 0 Å². The third-order valence-electron chi connectivity index (χ3n) is 4.12. The number of nitrogens with zero attached hydrogens (tertiary/aromatic N) is 2. The first-order valence-electron chi connectivity index (χ1n) is 8.33. The van der Waals surface area contributed by atoms with Gasteiger partial charge in [-0.3, -0.25) is 4.98 Å². The number of nitrogens with one attached hydrogen (secondary N) is 2. The number of aromatic nitrogens is 1. The summed E-state index contributed by atoms with van der Waals surface area (Å²) in [5.74, 6) is -0.261. The molecule has 0 bridgehead atoms. The van der Waals surface area contributed by atoms with Gasteiger partial charge in [0.05, 0.1) is 5.52 Å². The van der Waals surface area contributed by atoms with Crippen LogP contribution in [-0.4, -0.2) is 55.5 Å². The number of piperazine rings is 1. The molecule has 1 aliphatic rings. The second-order valence-electron chi connectivity index (χ2n) is 5.96. The fourth-order valence-corrected chi connectivity index (χ4v) is 2.94. The maximum atomic E-state index is 12.3.